The Morgan fingerprint density at radius 3 is 3.00 bits per heavy atom. The largest absolute Gasteiger partial charge is 0.341 e. The molecule has 0 aliphatic heterocycles. The summed E-state index contributed by atoms with van der Waals surface area (Å²) in [4.78, 5) is 6.85. The molecule has 16 heavy (non-hydrogen) atoms. The lowest BCUT2D eigenvalue weighted by Crippen LogP contribution is -1.88. The Morgan fingerprint density at radius 2 is 2.31 bits per heavy atom. The molecule has 0 saturated heterocycles. The number of nitrogens with one attached hydrogen (secondary N) is 1. The highest BCUT2D eigenvalue weighted by molar-refractivity contribution is 6.33. The van der Waals surface area contributed by atoms with Gasteiger partial charge in [-0.15, -0.1) is 0 Å². The van der Waals surface area contributed by atoms with Gasteiger partial charge in [-0.25, -0.2) is 9.37 Å². The highest BCUT2D eigenvalue weighted by atomic mass is 35.5. The van der Waals surface area contributed by atoms with Crippen molar-refractivity contribution in [2.75, 3.05) is 0 Å². The Kier molecular flexibility index (Phi) is 2.88. The van der Waals surface area contributed by atoms with Crippen LogP contribution in [0.25, 0.3) is 11.4 Å². The topological polar surface area (TPSA) is 52.5 Å². The molecule has 1 N–H and O–H groups in total. The molecule has 0 bridgehead atoms. The van der Waals surface area contributed by atoms with Crippen LogP contribution in [0.2, 0.25) is 5.02 Å². The molecule has 5 heteroatoms. The molecule has 0 fully saturated rings. The van der Waals surface area contributed by atoms with Crippen molar-refractivity contribution in [2.24, 2.45) is 0 Å². The number of halogens is 2. The second kappa shape index (κ2) is 4.33. The van der Waals surface area contributed by atoms with Gasteiger partial charge in [-0.05, 0) is 12.1 Å². The molecule has 1 aromatic carbocycles. The van der Waals surface area contributed by atoms with Crippen LogP contribution < -0.4 is 0 Å². The van der Waals surface area contributed by atoms with Gasteiger partial charge in [0.15, 0.2) is 0 Å². The molecule has 3 nitrogen and oxygen atoms in total. The van der Waals surface area contributed by atoms with Gasteiger partial charge in [-0.2, -0.15) is 5.26 Å². The van der Waals surface area contributed by atoms with E-state index in [0.717, 1.165) is 0 Å². The lowest BCUT2D eigenvalue weighted by Gasteiger charge is -2.01. The maximum atomic E-state index is 13.5. The van der Waals surface area contributed by atoms with Gasteiger partial charge in [0.25, 0.3) is 0 Å². The van der Waals surface area contributed by atoms with Gasteiger partial charge in [-0.1, -0.05) is 17.7 Å². The number of nitriles is 1. The summed E-state index contributed by atoms with van der Waals surface area (Å²) in [5, 5.41) is 8.80. The fourth-order valence-corrected chi connectivity index (χ4v) is 1.64. The smallest absolute Gasteiger partial charge is 0.141 e. The van der Waals surface area contributed by atoms with Gasteiger partial charge < -0.3 is 4.98 Å². The Morgan fingerprint density at radius 1 is 1.50 bits per heavy atom. The van der Waals surface area contributed by atoms with Crippen LogP contribution in [-0.2, 0) is 6.42 Å². The van der Waals surface area contributed by atoms with Gasteiger partial charge in [0.05, 0.1) is 23.1 Å². The first-order valence-corrected chi connectivity index (χ1v) is 4.95. The Hall–Kier alpha value is -1.86. The fraction of sp³-hybridized carbons (Fsp3) is 0.0909. The highest BCUT2D eigenvalue weighted by Crippen LogP contribution is 2.28. The normalized spacial score (nSPS) is 10.1. The average Bonchev–Trinajstić information content (AvgIpc) is 2.67. The molecule has 0 spiro atoms. The summed E-state index contributed by atoms with van der Waals surface area (Å²) in [6, 6.07) is 6.41. The van der Waals surface area contributed by atoms with Crippen molar-refractivity contribution in [3.8, 4) is 17.5 Å². The Labute approximate surface area is 96.5 Å². The second-order valence-electron chi connectivity index (χ2n) is 3.19. The Bertz CT molecular complexity index is 536. The highest BCUT2D eigenvalue weighted by Gasteiger charge is 2.12. The first kappa shape index (κ1) is 10.7. The third-order valence-corrected chi connectivity index (χ3v) is 2.41. The summed E-state index contributed by atoms with van der Waals surface area (Å²) >= 11 is 5.89. The quantitative estimate of drug-likeness (QED) is 0.870. The zero-order valence-electron chi connectivity index (χ0n) is 8.17. The van der Waals surface area contributed by atoms with E-state index in [9.17, 15) is 4.39 Å². The van der Waals surface area contributed by atoms with Gasteiger partial charge in [0.1, 0.15) is 11.6 Å². The minimum absolute atomic E-state index is 0.207. The van der Waals surface area contributed by atoms with Gasteiger partial charge in [0.2, 0.25) is 0 Å². The summed E-state index contributed by atoms with van der Waals surface area (Å²) in [6.45, 7) is 0. The molecular formula is C11H7ClFN3. The van der Waals surface area contributed by atoms with Crippen molar-refractivity contribution in [2.45, 2.75) is 6.42 Å². The van der Waals surface area contributed by atoms with E-state index in [1.54, 1.807) is 6.07 Å². The number of benzene rings is 1. The average molecular weight is 236 g/mol. The number of aromatic nitrogens is 2. The van der Waals surface area contributed by atoms with Gasteiger partial charge >= 0.3 is 0 Å². The molecule has 0 unspecified atom stereocenters. The molecule has 0 amide bonds. The van der Waals surface area contributed by atoms with E-state index in [2.05, 4.69) is 9.97 Å². The summed E-state index contributed by atoms with van der Waals surface area (Å²) < 4.78 is 13.5. The van der Waals surface area contributed by atoms with Gasteiger partial charge in [0, 0.05) is 11.9 Å². The number of rotatable bonds is 2. The maximum absolute atomic E-state index is 13.5. The molecule has 2 rings (SSSR count). The van der Waals surface area contributed by atoms with Crippen molar-refractivity contribution in [1.29, 1.82) is 5.26 Å². The molecule has 0 radical (unpaired) electrons. The van der Waals surface area contributed by atoms with Crippen molar-refractivity contribution >= 4 is 11.6 Å². The SMILES string of the molecule is N#CCc1cnc(-c2c(F)cccc2Cl)[nH]1. The predicted molar refractivity (Wildman–Crippen MR) is 58.3 cm³/mol. The molecule has 1 aromatic heterocycles. The minimum atomic E-state index is -0.439. The first-order valence-electron chi connectivity index (χ1n) is 4.57. The molecule has 0 atom stereocenters. The number of aromatic amines is 1. The molecule has 80 valence electrons. The lowest BCUT2D eigenvalue weighted by molar-refractivity contribution is 0.630. The number of hydrogen-bond acceptors (Lipinski definition) is 2. The van der Waals surface area contributed by atoms with E-state index < -0.39 is 5.82 Å². The molecule has 2 aromatic rings. The summed E-state index contributed by atoms with van der Waals surface area (Å²) in [7, 11) is 0. The molecular weight excluding hydrogens is 229 g/mol. The third-order valence-electron chi connectivity index (χ3n) is 2.10. The van der Waals surface area contributed by atoms with Gasteiger partial charge in [-0.3, -0.25) is 0 Å². The van der Waals surface area contributed by atoms with Crippen LogP contribution in [0, 0.1) is 17.1 Å². The van der Waals surface area contributed by atoms with E-state index in [1.165, 1.54) is 18.3 Å². The fourth-order valence-electron chi connectivity index (χ4n) is 1.39. The third kappa shape index (κ3) is 1.90. The van der Waals surface area contributed by atoms with Crippen molar-refractivity contribution in [3.05, 3.63) is 40.9 Å². The van der Waals surface area contributed by atoms with Crippen LogP contribution in [-0.4, -0.2) is 9.97 Å². The summed E-state index contributed by atoms with van der Waals surface area (Å²) in [5.74, 6) is -0.0984. The van der Waals surface area contributed by atoms with Crippen LogP contribution in [0.3, 0.4) is 0 Å². The summed E-state index contributed by atoms with van der Waals surface area (Å²) in [5.41, 5.74) is 0.866. The monoisotopic (exact) mass is 235 g/mol. The second-order valence-corrected chi connectivity index (χ2v) is 3.60. The van der Waals surface area contributed by atoms with E-state index in [-0.39, 0.29) is 17.0 Å². The van der Waals surface area contributed by atoms with E-state index >= 15 is 0 Å². The lowest BCUT2D eigenvalue weighted by atomic mass is 10.2. The van der Waals surface area contributed by atoms with Crippen molar-refractivity contribution in [3.63, 3.8) is 0 Å². The molecule has 1 heterocycles. The Balaban J connectivity index is 2.47. The number of H-pyrrole nitrogens is 1. The van der Waals surface area contributed by atoms with Crippen molar-refractivity contribution in [1.82, 2.24) is 9.97 Å². The van der Waals surface area contributed by atoms with E-state index in [1.807, 2.05) is 6.07 Å². The maximum Gasteiger partial charge on any atom is 0.141 e. The van der Waals surface area contributed by atoms with Crippen LogP contribution in [0.5, 0.6) is 0 Å². The molecule has 0 aliphatic rings. The number of hydrogen-bond donors (Lipinski definition) is 1. The minimum Gasteiger partial charge on any atom is -0.341 e. The number of nitrogens with zero attached hydrogens (tertiary/aromatic N) is 2. The van der Waals surface area contributed by atoms with Crippen LogP contribution in [0.1, 0.15) is 5.69 Å². The standard InChI is InChI=1S/C11H7ClFN3/c12-8-2-1-3-9(13)10(8)11-15-6-7(16-11)4-5-14/h1-3,6H,4H2,(H,15,16). The number of imidazole rings is 1. The van der Waals surface area contributed by atoms with E-state index in [4.69, 9.17) is 16.9 Å². The summed E-state index contributed by atoms with van der Waals surface area (Å²) in [6.07, 6.45) is 1.71. The first-order chi connectivity index (χ1) is 7.72. The molecule has 0 saturated carbocycles. The van der Waals surface area contributed by atoms with Crippen molar-refractivity contribution < 1.29 is 4.39 Å². The van der Waals surface area contributed by atoms with Crippen LogP contribution in [0.15, 0.2) is 24.4 Å². The van der Waals surface area contributed by atoms with Crippen LogP contribution >= 0.6 is 11.6 Å². The zero-order valence-corrected chi connectivity index (χ0v) is 8.92. The molecule has 0 aliphatic carbocycles. The zero-order chi connectivity index (χ0) is 11.5. The van der Waals surface area contributed by atoms with E-state index in [0.29, 0.717) is 11.5 Å². The van der Waals surface area contributed by atoms with Crippen LogP contribution in [0.4, 0.5) is 4.39 Å². The predicted octanol–water partition coefficient (Wildman–Crippen LogP) is 2.94.